The summed E-state index contributed by atoms with van der Waals surface area (Å²) in [4.78, 5) is 11.6. The van der Waals surface area contributed by atoms with E-state index in [2.05, 4.69) is 10.0 Å². The van der Waals surface area contributed by atoms with Crippen LogP contribution in [0.4, 0.5) is 0 Å². The summed E-state index contributed by atoms with van der Waals surface area (Å²) in [5.41, 5.74) is -0.782. The predicted octanol–water partition coefficient (Wildman–Crippen LogP) is -0.148. The third-order valence-electron chi connectivity index (χ3n) is 2.35. The molecule has 0 saturated carbocycles. The van der Waals surface area contributed by atoms with Crippen LogP contribution < -0.4 is 10.0 Å². The Labute approximate surface area is 112 Å². The first kappa shape index (κ1) is 15.6. The number of hydrogen-bond donors (Lipinski definition) is 3. The Morgan fingerprint density at radius 1 is 1.26 bits per heavy atom. The van der Waals surface area contributed by atoms with E-state index in [0.717, 1.165) is 0 Å². The van der Waals surface area contributed by atoms with Gasteiger partial charge >= 0.3 is 0 Å². The van der Waals surface area contributed by atoms with Crippen molar-refractivity contribution in [1.29, 1.82) is 0 Å². The normalized spacial score (nSPS) is 12.2. The van der Waals surface area contributed by atoms with Crippen molar-refractivity contribution >= 4 is 15.9 Å². The number of benzene rings is 1. The average Bonchev–Trinajstić information content (AvgIpc) is 2.37. The van der Waals surface area contributed by atoms with E-state index in [4.69, 9.17) is 5.11 Å². The molecule has 6 nitrogen and oxygen atoms in total. The van der Waals surface area contributed by atoms with E-state index in [1.165, 1.54) is 12.1 Å². The second-order valence-electron chi connectivity index (χ2n) is 4.73. The minimum absolute atomic E-state index is 0.101. The molecular formula is C12H18N2O4S. The van der Waals surface area contributed by atoms with E-state index in [1.54, 1.807) is 32.0 Å². The van der Waals surface area contributed by atoms with Crippen molar-refractivity contribution < 1.29 is 18.3 Å². The topological polar surface area (TPSA) is 95.5 Å². The lowest BCUT2D eigenvalue weighted by Gasteiger charge is -2.23. The van der Waals surface area contributed by atoms with Gasteiger partial charge in [-0.25, -0.2) is 13.1 Å². The SMILES string of the molecule is CC(C)(CO)NC(=O)CNS(=O)(=O)c1ccccc1. The number of aliphatic hydroxyl groups is 1. The average molecular weight is 286 g/mol. The van der Waals surface area contributed by atoms with Gasteiger partial charge in [0.2, 0.25) is 15.9 Å². The van der Waals surface area contributed by atoms with Crippen LogP contribution in [0.2, 0.25) is 0 Å². The van der Waals surface area contributed by atoms with Crippen molar-refractivity contribution in [3.63, 3.8) is 0 Å². The third-order valence-corrected chi connectivity index (χ3v) is 3.77. The molecule has 0 aromatic heterocycles. The van der Waals surface area contributed by atoms with Gasteiger partial charge in [-0.2, -0.15) is 0 Å². The Bertz CT molecular complexity index is 526. The smallest absolute Gasteiger partial charge is 0.241 e. The van der Waals surface area contributed by atoms with Crippen molar-refractivity contribution in [3.05, 3.63) is 30.3 Å². The molecule has 0 unspecified atom stereocenters. The quantitative estimate of drug-likeness (QED) is 0.678. The molecule has 1 rings (SSSR count). The van der Waals surface area contributed by atoms with Gasteiger partial charge in [-0.3, -0.25) is 4.79 Å². The number of amides is 1. The van der Waals surface area contributed by atoms with Gasteiger partial charge in [0.25, 0.3) is 0 Å². The molecule has 1 aromatic rings. The highest BCUT2D eigenvalue weighted by atomic mass is 32.2. The van der Waals surface area contributed by atoms with Crippen LogP contribution in [0.15, 0.2) is 35.2 Å². The second-order valence-corrected chi connectivity index (χ2v) is 6.49. The van der Waals surface area contributed by atoms with Crippen LogP contribution in [0.1, 0.15) is 13.8 Å². The molecular weight excluding hydrogens is 268 g/mol. The van der Waals surface area contributed by atoms with Crippen LogP contribution in [0.25, 0.3) is 0 Å². The highest BCUT2D eigenvalue weighted by Crippen LogP contribution is 2.06. The summed E-state index contributed by atoms with van der Waals surface area (Å²) in [6.07, 6.45) is 0. The number of aliphatic hydroxyl groups excluding tert-OH is 1. The van der Waals surface area contributed by atoms with E-state index in [9.17, 15) is 13.2 Å². The van der Waals surface area contributed by atoms with Crippen LogP contribution in [-0.4, -0.2) is 38.1 Å². The number of sulfonamides is 1. The number of rotatable bonds is 6. The molecule has 0 aliphatic heterocycles. The second kappa shape index (κ2) is 6.14. The number of carbonyl (C=O) groups excluding carboxylic acids is 1. The van der Waals surface area contributed by atoms with E-state index < -0.39 is 21.5 Å². The lowest BCUT2D eigenvalue weighted by Crippen LogP contribution is -2.49. The standard InChI is InChI=1S/C12H18N2O4S/c1-12(2,9-15)14-11(16)8-13-19(17,18)10-6-4-3-5-7-10/h3-7,13,15H,8-9H2,1-2H3,(H,14,16). The molecule has 19 heavy (non-hydrogen) atoms. The Kier molecular flexibility index (Phi) is 5.04. The first-order valence-corrected chi connectivity index (χ1v) is 7.22. The summed E-state index contributed by atoms with van der Waals surface area (Å²) < 4.78 is 25.9. The van der Waals surface area contributed by atoms with Crippen LogP contribution in [0.3, 0.4) is 0 Å². The predicted molar refractivity (Wildman–Crippen MR) is 70.9 cm³/mol. The van der Waals surface area contributed by atoms with Gasteiger partial charge in [-0.15, -0.1) is 0 Å². The third kappa shape index (κ3) is 4.98. The zero-order valence-corrected chi connectivity index (χ0v) is 11.7. The summed E-state index contributed by atoms with van der Waals surface area (Å²) in [5, 5.41) is 11.5. The Balaban J connectivity index is 2.60. The van der Waals surface area contributed by atoms with Crippen molar-refractivity contribution in [2.75, 3.05) is 13.2 Å². The zero-order chi connectivity index (χ0) is 14.5. The fourth-order valence-electron chi connectivity index (χ4n) is 1.30. The molecule has 3 N–H and O–H groups in total. The number of nitrogens with one attached hydrogen (secondary N) is 2. The molecule has 0 atom stereocenters. The van der Waals surface area contributed by atoms with Gasteiger partial charge < -0.3 is 10.4 Å². The molecule has 0 aliphatic carbocycles. The van der Waals surface area contributed by atoms with Gasteiger partial charge in [0, 0.05) is 0 Å². The first-order valence-electron chi connectivity index (χ1n) is 5.73. The Morgan fingerprint density at radius 2 is 1.84 bits per heavy atom. The summed E-state index contributed by atoms with van der Waals surface area (Å²) in [5.74, 6) is -0.501. The highest BCUT2D eigenvalue weighted by Gasteiger charge is 2.20. The molecule has 0 aliphatic rings. The minimum Gasteiger partial charge on any atom is -0.394 e. The molecule has 0 spiro atoms. The van der Waals surface area contributed by atoms with Gasteiger partial charge in [-0.1, -0.05) is 18.2 Å². The van der Waals surface area contributed by atoms with Crippen LogP contribution in [0.5, 0.6) is 0 Å². The van der Waals surface area contributed by atoms with E-state index >= 15 is 0 Å². The summed E-state index contributed by atoms with van der Waals surface area (Å²) in [6, 6.07) is 7.79. The fraction of sp³-hybridized carbons (Fsp3) is 0.417. The van der Waals surface area contributed by atoms with Crippen molar-refractivity contribution in [2.45, 2.75) is 24.3 Å². The molecule has 7 heteroatoms. The summed E-state index contributed by atoms with van der Waals surface area (Å²) in [7, 11) is -3.69. The monoisotopic (exact) mass is 286 g/mol. The Morgan fingerprint density at radius 3 is 2.37 bits per heavy atom. The molecule has 0 radical (unpaired) electrons. The molecule has 106 valence electrons. The molecule has 0 heterocycles. The lowest BCUT2D eigenvalue weighted by atomic mass is 10.1. The molecule has 0 bridgehead atoms. The Hall–Kier alpha value is -1.44. The first-order chi connectivity index (χ1) is 8.77. The van der Waals surface area contributed by atoms with Gasteiger partial charge in [0.1, 0.15) is 0 Å². The van der Waals surface area contributed by atoms with Crippen LogP contribution >= 0.6 is 0 Å². The van der Waals surface area contributed by atoms with Gasteiger partial charge in [-0.05, 0) is 26.0 Å². The maximum atomic E-state index is 11.8. The largest absolute Gasteiger partial charge is 0.394 e. The van der Waals surface area contributed by atoms with E-state index in [0.29, 0.717) is 0 Å². The maximum Gasteiger partial charge on any atom is 0.241 e. The van der Waals surface area contributed by atoms with Crippen LogP contribution in [-0.2, 0) is 14.8 Å². The fourth-order valence-corrected chi connectivity index (χ4v) is 2.31. The van der Waals surface area contributed by atoms with Crippen molar-refractivity contribution in [1.82, 2.24) is 10.0 Å². The highest BCUT2D eigenvalue weighted by molar-refractivity contribution is 7.89. The molecule has 0 fully saturated rings. The number of hydrogen-bond acceptors (Lipinski definition) is 4. The van der Waals surface area contributed by atoms with Gasteiger partial charge in [0.15, 0.2) is 0 Å². The lowest BCUT2D eigenvalue weighted by molar-refractivity contribution is -0.122. The maximum absolute atomic E-state index is 11.8. The summed E-state index contributed by atoms with van der Waals surface area (Å²) in [6.45, 7) is 2.66. The van der Waals surface area contributed by atoms with Crippen LogP contribution in [0, 0.1) is 0 Å². The zero-order valence-electron chi connectivity index (χ0n) is 10.9. The molecule has 1 amide bonds. The molecule has 1 aromatic carbocycles. The summed E-state index contributed by atoms with van der Waals surface area (Å²) >= 11 is 0. The van der Waals surface area contributed by atoms with Gasteiger partial charge in [0.05, 0.1) is 23.6 Å². The van der Waals surface area contributed by atoms with Crippen molar-refractivity contribution in [3.8, 4) is 0 Å². The van der Waals surface area contributed by atoms with E-state index in [1.807, 2.05) is 0 Å². The van der Waals surface area contributed by atoms with Crippen molar-refractivity contribution in [2.24, 2.45) is 0 Å². The van der Waals surface area contributed by atoms with E-state index in [-0.39, 0.29) is 18.0 Å². The minimum atomic E-state index is -3.69. The number of carbonyl (C=O) groups is 1. The molecule has 0 saturated heterocycles.